The van der Waals surface area contributed by atoms with Gasteiger partial charge in [-0.05, 0) is 30.3 Å². The molecule has 14 nitrogen and oxygen atoms in total. The Morgan fingerprint density at radius 2 is 0.956 bits per heavy atom. The van der Waals surface area contributed by atoms with Crippen molar-refractivity contribution in [3.05, 3.63) is 92.6 Å². The summed E-state index contributed by atoms with van der Waals surface area (Å²) >= 11 is 0. The molecule has 0 fully saturated rings. The molecule has 2 aromatic rings. The molecule has 0 bridgehead atoms. The first-order valence-electron chi connectivity index (χ1n) is 12.4. The molecule has 0 heterocycles. The molecule has 0 atom stereocenters. The first kappa shape index (κ1) is 34.7. The fraction of sp³-hybridized carbons (Fsp3) is 0.129. The van der Waals surface area contributed by atoms with Crippen LogP contribution in [0.4, 0.5) is 0 Å². The molecule has 0 aliphatic carbocycles. The second-order valence-corrected chi connectivity index (χ2v) is 7.63. The van der Waals surface area contributed by atoms with Crippen LogP contribution < -0.4 is 23.7 Å². The van der Waals surface area contributed by atoms with E-state index in [0.717, 1.165) is 24.3 Å². The number of hydrogen-bond donors (Lipinski definition) is 0. The van der Waals surface area contributed by atoms with E-state index in [-0.39, 0.29) is 34.3 Å². The van der Waals surface area contributed by atoms with E-state index in [1.165, 1.54) is 36.4 Å². The van der Waals surface area contributed by atoms with Crippen LogP contribution in [-0.2, 0) is 42.9 Å². The summed E-state index contributed by atoms with van der Waals surface area (Å²) in [7, 11) is 0. The number of ether oxygens (including phenoxy) is 9. The van der Waals surface area contributed by atoms with Gasteiger partial charge in [0.25, 0.3) is 0 Å². The lowest BCUT2D eigenvalue weighted by molar-refractivity contribution is -0.146. The number of esters is 5. The number of carbonyl (C=O) groups is 5. The third kappa shape index (κ3) is 12.9. The summed E-state index contributed by atoms with van der Waals surface area (Å²) in [5, 5.41) is 0. The zero-order valence-corrected chi connectivity index (χ0v) is 23.6. The monoisotopic (exact) mass is 622 g/mol. The molecular formula is C31H26O14. The van der Waals surface area contributed by atoms with Crippen molar-refractivity contribution in [1.29, 1.82) is 0 Å². The maximum absolute atomic E-state index is 12.5. The smallest absolute Gasteiger partial charge is 0.390 e. The molecule has 0 amide bonds. The van der Waals surface area contributed by atoms with Gasteiger partial charge >= 0.3 is 29.8 Å². The van der Waals surface area contributed by atoms with Gasteiger partial charge in [0.1, 0.15) is 5.75 Å². The molecular weight excluding hydrogens is 596 g/mol. The Kier molecular flexibility index (Phi) is 14.5. The van der Waals surface area contributed by atoms with Crippen molar-refractivity contribution in [2.45, 2.75) is 0 Å². The predicted molar refractivity (Wildman–Crippen MR) is 153 cm³/mol. The number of benzene rings is 2. The Hall–Kier alpha value is -6.49. The normalized spacial score (nSPS) is 9.42. The highest BCUT2D eigenvalue weighted by Gasteiger charge is 2.13. The van der Waals surface area contributed by atoms with Crippen molar-refractivity contribution < 1.29 is 66.6 Å². The fourth-order valence-corrected chi connectivity index (χ4v) is 2.70. The predicted octanol–water partition coefficient (Wildman–Crippen LogP) is 2.91. The first-order chi connectivity index (χ1) is 21.7. The van der Waals surface area contributed by atoms with Gasteiger partial charge in [0.05, 0.1) is 0 Å². The molecule has 0 spiro atoms. The van der Waals surface area contributed by atoms with Crippen LogP contribution in [0.5, 0.6) is 28.7 Å². The molecule has 0 aromatic heterocycles. The second kappa shape index (κ2) is 18.8. The fourth-order valence-electron chi connectivity index (χ4n) is 2.70. The molecule has 2 rings (SSSR count). The van der Waals surface area contributed by atoms with Crippen LogP contribution in [-0.4, -0.2) is 57.0 Å². The standard InChI is InChI=1S/C31H26O14/c1-5-27(32)41-17-37-23-12-9-21(15-25(23)39-19-43-29(34)7-3)10-14-31(36)45-22-11-13-24(38-18-42-28(33)6-2)26(16-22)40-20-44-30(35)8-4/h5-9,11-13,15-16H,1-4,17-20H2. The minimum absolute atomic E-state index is 0.0272. The number of carbonyl (C=O) groups excluding carboxylic acids is 5. The third-order valence-electron chi connectivity index (χ3n) is 4.71. The molecule has 0 saturated carbocycles. The van der Waals surface area contributed by atoms with Gasteiger partial charge in [-0.1, -0.05) is 32.2 Å². The summed E-state index contributed by atoms with van der Waals surface area (Å²) in [5.41, 5.74) is 0.262. The highest BCUT2D eigenvalue weighted by molar-refractivity contribution is 5.91. The van der Waals surface area contributed by atoms with Gasteiger partial charge in [-0.2, -0.15) is 0 Å². The van der Waals surface area contributed by atoms with E-state index in [2.05, 4.69) is 38.2 Å². The van der Waals surface area contributed by atoms with Crippen LogP contribution in [0.3, 0.4) is 0 Å². The minimum atomic E-state index is -0.980. The maximum atomic E-state index is 12.5. The van der Waals surface area contributed by atoms with Crippen LogP contribution >= 0.6 is 0 Å². The van der Waals surface area contributed by atoms with Gasteiger partial charge < -0.3 is 42.6 Å². The topological polar surface area (TPSA) is 168 Å². The van der Waals surface area contributed by atoms with E-state index in [1.807, 2.05) is 0 Å². The van der Waals surface area contributed by atoms with Gasteiger partial charge in [-0.15, -0.1) is 0 Å². The van der Waals surface area contributed by atoms with Gasteiger partial charge in [-0.3, -0.25) is 0 Å². The largest absolute Gasteiger partial charge is 0.453 e. The Bertz CT molecular complexity index is 1510. The highest BCUT2D eigenvalue weighted by atomic mass is 16.7. The van der Waals surface area contributed by atoms with Crippen molar-refractivity contribution in [3.63, 3.8) is 0 Å². The van der Waals surface area contributed by atoms with E-state index < -0.39 is 57.0 Å². The quantitative estimate of drug-likeness (QED) is 0.0630. The molecule has 0 unspecified atom stereocenters. The van der Waals surface area contributed by atoms with Gasteiger partial charge in [0.2, 0.25) is 27.2 Å². The zero-order chi connectivity index (χ0) is 33.0. The summed E-state index contributed by atoms with van der Waals surface area (Å²) < 4.78 is 45.8. The number of rotatable bonds is 17. The molecule has 0 N–H and O–H groups in total. The summed E-state index contributed by atoms with van der Waals surface area (Å²) in [6.07, 6.45) is 3.77. The van der Waals surface area contributed by atoms with Crippen molar-refractivity contribution in [2.75, 3.05) is 27.2 Å². The summed E-state index contributed by atoms with van der Waals surface area (Å²) in [4.78, 5) is 57.6. The SMILES string of the molecule is C=CC(=O)OCOc1ccc(C#CC(=O)Oc2ccc(OCOC(=O)C=C)c(OCOC(=O)C=C)c2)cc1OCOC(=O)C=C. The minimum Gasteiger partial charge on any atom is -0.453 e. The summed E-state index contributed by atoms with van der Waals surface area (Å²) in [6, 6.07) is 8.18. The lowest BCUT2D eigenvalue weighted by Gasteiger charge is -2.13. The highest BCUT2D eigenvalue weighted by Crippen LogP contribution is 2.32. The van der Waals surface area contributed by atoms with E-state index in [4.69, 9.17) is 42.6 Å². The van der Waals surface area contributed by atoms with E-state index >= 15 is 0 Å². The lowest BCUT2D eigenvalue weighted by atomic mass is 10.2. The molecule has 0 radical (unpaired) electrons. The Morgan fingerprint density at radius 1 is 0.556 bits per heavy atom. The van der Waals surface area contributed by atoms with Crippen molar-refractivity contribution in [2.24, 2.45) is 0 Å². The molecule has 0 aliphatic rings. The second-order valence-electron chi connectivity index (χ2n) is 7.63. The van der Waals surface area contributed by atoms with Gasteiger partial charge in [-0.25, -0.2) is 24.0 Å². The Labute approximate surface area is 256 Å². The summed E-state index contributed by atoms with van der Waals surface area (Å²) in [5.74, 6) is 1.09. The van der Waals surface area contributed by atoms with Gasteiger partial charge in [0.15, 0.2) is 23.0 Å². The Morgan fingerprint density at radius 3 is 1.40 bits per heavy atom. The van der Waals surface area contributed by atoms with Crippen LogP contribution in [0.15, 0.2) is 87.0 Å². The van der Waals surface area contributed by atoms with E-state index in [9.17, 15) is 24.0 Å². The van der Waals surface area contributed by atoms with Crippen molar-refractivity contribution >= 4 is 29.8 Å². The third-order valence-corrected chi connectivity index (χ3v) is 4.71. The molecule has 234 valence electrons. The van der Waals surface area contributed by atoms with Crippen LogP contribution in [0.1, 0.15) is 5.56 Å². The lowest BCUT2D eigenvalue weighted by Crippen LogP contribution is -2.11. The van der Waals surface area contributed by atoms with E-state index in [1.54, 1.807) is 0 Å². The zero-order valence-electron chi connectivity index (χ0n) is 23.6. The average Bonchev–Trinajstić information content (AvgIpc) is 3.04. The van der Waals surface area contributed by atoms with Crippen LogP contribution in [0, 0.1) is 11.8 Å². The van der Waals surface area contributed by atoms with Crippen molar-refractivity contribution in [1.82, 2.24) is 0 Å². The number of hydrogen-bond acceptors (Lipinski definition) is 14. The molecule has 14 heteroatoms. The molecule has 0 aliphatic heterocycles. The maximum Gasteiger partial charge on any atom is 0.390 e. The first-order valence-corrected chi connectivity index (χ1v) is 12.4. The van der Waals surface area contributed by atoms with Crippen LogP contribution in [0.25, 0.3) is 0 Å². The Balaban J connectivity index is 2.18. The van der Waals surface area contributed by atoms with Crippen LogP contribution in [0.2, 0.25) is 0 Å². The molecule has 2 aromatic carbocycles. The summed E-state index contributed by atoms with van der Waals surface area (Å²) in [6.45, 7) is 11.1. The molecule has 45 heavy (non-hydrogen) atoms. The van der Waals surface area contributed by atoms with Crippen molar-refractivity contribution in [3.8, 4) is 40.6 Å². The van der Waals surface area contributed by atoms with Gasteiger partial charge in [0, 0.05) is 41.9 Å². The van der Waals surface area contributed by atoms with E-state index in [0.29, 0.717) is 0 Å². The molecule has 0 saturated heterocycles. The average molecular weight is 623 g/mol.